The minimum atomic E-state index is -1.16. The van der Waals surface area contributed by atoms with E-state index in [4.69, 9.17) is 0 Å². The number of rotatable bonds is 9. The van der Waals surface area contributed by atoms with Crippen molar-refractivity contribution in [3.8, 4) is 0 Å². The molecule has 0 aromatic heterocycles. The van der Waals surface area contributed by atoms with Crippen molar-refractivity contribution < 1.29 is 0 Å². The van der Waals surface area contributed by atoms with E-state index in [9.17, 15) is 0 Å². The molecule has 0 radical (unpaired) electrons. The summed E-state index contributed by atoms with van der Waals surface area (Å²) in [5, 5.41) is 0. The summed E-state index contributed by atoms with van der Waals surface area (Å²) in [6, 6.07) is 0. The van der Waals surface area contributed by atoms with Crippen LogP contribution in [0.15, 0.2) is 0 Å². The Morgan fingerprint density at radius 3 is 0.812 bits per heavy atom. The van der Waals surface area contributed by atoms with Crippen LogP contribution in [0.2, 0.25) is 0 Å². The van der Waals surface area contributed by atoms with Crippen molar-refractivity contribution in [2.45, 2.75) is 41.5 Å². The van der Waals surface area contributed by atoms with Crippen LogP contribution in [0.5, 0.6) is 0 Å². The van der Waals surface area contributed by atoms with Gasteiger partial charge in [-0.3, -0.25) is 0 Å². The summed E-state index contributed by atoms with van der Waals surface area (Å²) in [5.74, 6) is 0. The van der Waals surface area contributed by atoms with E-state index in [-0.39, 0.29) is 0 Å². The Morgan fingerprint density at radius 1 is 0.500 bits per heavy atom. The van der Waals surface area contributed by atoms with Crippen LogP contribution in [-0.2, 0) is 0 Å². The molecule has 0 aromatic rings. The molecular weight excluding hydrogens is 261 g/mol. The van der Waals surface area contributed by atoms with Crippen molar-refractivity contribution in [1.29, 1.82) is 0 Å². The summed E-state index contributed by atoms with van der Waals surface area (Å²) < 4.78 is 8.06. The minimum absolute atomic E-state index is 1.16. The molecule has 3 nitrogen and oxygen atoms in total. The van der Waals surface area contributed by atoms with Gasteiger partial charge in [-0.2, -0.15) is 0 Å². The SMILES string of the molecule is CCN(CC)[As](N(CC)CC)N(CC)CC. The summed E-state index contributed by atoms with van der Waals surface area (Å²) in [7, 11) is 0. The van der Waals surface area contributed by atoms with Gasteiger partial charge in [-0.25, -0.2) is 0 Å². The summed E-state index contributed by atoms with van der Waals surface area (Å²) in [6.07, 6.45) is 0. The van der Waals surface area contributed by atoms with E-state index < -0.39 is 15.3 Å². The first-order chi connectivity index (χ1) is 7.69. The van der Waals surface area contributed by atoms with E-state index in [1.165, 1.54) is 39.3 Å². The van der Waals surface area contributed by atoms with Gasteiger partial charge in [-0.05, 0) is 0 Å². The zero-order valence-corrected chi connectivity index (χ0v) is 13.9. The van der Waals surface area contributed by atoms with E-state index in [2.05, 4.69) is 53.0 Å². The average Bonchev–Trinajstić information content (AvgIpc) is 2.33. The topological polar surface area (TPSA) is 9.72 Å². The van der Waals surface area contributed by atoms with Crippen molar-refractivity contribution in [2.75, 3.05) is 39.3 Å². The molecule has 0 amide bonds. The third kappa shape index (κ3) is 4.37. The maximum atomic E-state index is 2.69. The summed E-state index contributed by atoms with van der Waals surface area (Å²) >= 11 is -1.16. The summed E-state index contributed by atoms with van der Waals surface area (Å²) in [6.45, 7) is 20.8. The Kier molecular flexibility index (Phi) is 9.73. The van der Waals surface area contributed by atoms with Gasteiger partial charge in [-0.1, -0.05) is 0 Å². The standard InChI is InChI=1S/C12H30AsN3/c1-7-14(8-2)13(15(9-3)10-4)16(11-5)12-6/h7-12H2,1-6H3. The molecule has 0 rings (SSSR count). The normalized spacial score (nSPS) is 12.4. The molecule has 0 spiro atoms. The predicted octanol–water partition coefficient (Wildman–Crippen LogP) is 2.00. The summed E-state index contributed by atoms with van der Waals surface area (Å²) in [4.78, 5) is 0. The van der Waals surface area contributed by atoms with Crippen LogP contribution < -0.4 is 0 Å². The van der Waals surface area contributed by atoms with Gasteiger partial charge >= 0.3 is 108 Å². The van der Waals surface area contributed by atoms with Gasteiger partial charge < -0.3 is 0 Å². The Morgan fingerprint density at radius 2 is 0.688 bits per heavy atom. The first-order valence-corrected chi connectivity index (χ1v) is 9.26. The van der Waals surface area contributed by atoms with Crippen LogP contribution in [-0.4, -0.2) is 66.0 Å². The van der Waals surface area contributed by atoms with E-state index in [1.807, 2.05) is 0 Å². The molecule has 0 N–H and O–H groups in total. The molecule has 0 unspecified atom stereocenters. The van der Waals surface area contributed by atoms with Gasteiger partial charge in [0.15, 0.2) is 0 Å². The fourth-order valence-electron chi connectivity index (χ4n) is 1.97. The van der Waals surface area contributed by atoms with Crippen molar-refractivity contribution in [1.82, 2.24) is 11.5 Å². The van der Waals surface area contributed by atoms with Gasteiger partial charge in [0.1, 0.15) is 0 Å². The Bertz CT molecular complexity index is 126. The van der Waals surface area contributed by atoms with E-state index >= 15 is 0 Å². The Labute approximate surface area is 108 Å². The monoisotopic (exact) mass is 291 g/mol. The molecule has 16 heavy (non-hydrogen) atoms. The molecule has 0 aliphatic heterocycles. The first kappa shape index (κ1) is 16.4. The number of nitrogens with zero attached hydrogens (tertiary/aromatic N) is 3. The van der Waals surface area contributed by atoms with Crippen LogP contribution in [0.4, 0.5) is 0 Å². The van der Waals surface area contributed by atoms with Crippen LogP contribution in [0.1, 0.15) is 41.5 Å². The molecule has 98 valence electrons. The molecule has 0 saturated carbocycles. The molecule has 0 aliphatic rings. The van der Waals surface area contributed by atoms with Gasteiger partial charge in [0.25, 0.3) is 0 Å². The van der Waals surface area contributed by atoms with Crippen LogP contribution in [0.3, 0.4) is 0 Å². The van der Waals surface area contributed by atoms with Crippen molar-refractivity contribution in [2.24, 2.45) is 0 Å². The molecule has 4 heteroatoms. The summed E-state index contributed by atoms with van der Waals surface area (Å²) in [5.41, 5.74) is 0. The quantitative estimate of drug-likeness (QED) is 0.602. The zero-order valence-electron chi connectivity index (χ0n) is 12.0. The van der Waals surface area contributed by atoms with E-state index in [0.29, 0.717) is 0 Å². The molecular formula is C12H30AsN3. The van der Waals surface area contributed by atoms with Gasteiger partial charge in [0.2, 0.25) is 0 Å². The van der Waals surface area contributed by atoms with Crippen LogP contribution >= 0.6 is 0 Å². The Hall–Kier alpha value is 0.438. The van der Waals surface area contributed by atoms with E-state index in [1.54, 1.807) is 0 Å². The average molecular weight is 291 g/mol. The second kappa shape index (κ2) is 9.47. The predicted molar refractivity (Wildman–Crippen MR) is 74.5 cm³/mol. The molecule has 0 saturated heterocycles. The van der Waals surface area contributed by atoms with E-state index in [0.717, 1.165) is 0 Å². The van der Waals surface area contributed by atoms with Gasteiger partial charge in [-0.15, -0.1) is 0 Å². The Balaban J connectivity index is 4.84. The fourth-order valence-corrected chi connectivity index (χ4v) is 7.40. The van der Waals surface area contributed by atoms with Crippen LogP contribution in [0, 0.1) is 0 Å². The van der Waals surface area contributed by atoms with Crippen LogP contribution in [0.25, 0.3) is 0 Å². The van der Waals surface area contributed by atoms with Crippen molar-refractivity contribution in [3.05, 3.63) is 0 Å². The zero-order chi connectivity index (χ0) is 12.6. The molecule has 0 aromatic carbocycles. The molecule has 0 atom stereocenters. The number of hydrogen-bond donors (Lipinski definition) is 0. The molecule has 0 heterocycles. The van der Waals surface area contributed by atoms with Gasteiger partial charge in [0.05, 0.1) is 0 Å². The molecule has 0 bridgehead atoms. The van der Waals surface area contributed by atoms with Gasteiger partial charge in [0, 0.05) is 0 Å². The van der Waals surface area contributed by atoms with Crippen molar-refractivity contribution >= 4 is 15.3 Å². The second-order valence-electron chi connectivity index (χ2n) is 3.69. The molecule has 0 fully saturated rings. The number of hydrogen-bond acceptors (Lipinski definition) is 3. The molecule has 0 aliphatic carbocycles. The van der Waals surface area contributed by atoms with Crippen molar-refractivity contribution in [3.63, 3.8) is 0 Å². The second-order valence-corrected chi connectivity index (χ2v) is 8.37. The first-order valence-electron chi connectivity index (χ1n) is 6.74. The fraction of sp³-hybridized carbons (Fsp3) is 1.00. The maximum absolute atomic E-state index is 2.69. The third-order valence-electron chi connectivity index (χ3n) is 2.95. The third-order valence-corrected chi connectivity index (χ3v) is 9.69.